The third-order valence-corrected chi connectivity index (χ3v) is 5.24. The summed E-state index contributed by atoms with van der Waals surface area (Å²) in [4.78, 5) is 30.9. The van der Waals surface area contributed by atoms with E-state index >= 15 is 0 Å². The summed E-state index contributed by atoms with van der Waals surface area (Å²) in [5, 5.41) is 4.20. The molecular weight excluding hydrogens is 354 g/mol. The van der Waals surface area contributed by atoms with E-state index in [4.69, 9.17) is 0 Å². The summed E-state index contributed by atoms with van der Waals surface area (Å²) in [5.41, 5.74) is 1.82. The maximum Gasteiger partial charge on any atom is 0.253 e. The van der Waals surface area contributed by atoms with E-state index in [1.807, 2.05) is 64.9 Å². The van der Waals surface area contributed by atoms with Crippen LogP contribution in [-0.2, 0) is 11.3 Å². The maximum atomic E-state index is 12.8. The van der Waals surface area contributed by atoms with Crippen LogP contribution in [0.1, 0.15) is 29.8 Å². The Morgan fingerprint density at radius 1 is 1.04 bits per heavy atom. The van der Waals surface area contributed by atoms with E-state index in [-0.39, 0.29) is 11.8 Å². The smallest absolute Gasteiger partial charge is 0.253 e. The molecule has 0 saturated carbocycles. The van der Waals surface area contributed by atoms with E-state index in [1.165, 1.54) is 0 Å². The number of nitrogens with zero attached hydrogens (tertiary/aromatic N) is 5. The number of hydrogen-bond donors (Lipinski definition) is 0. The van der Waals surface area contributed by atoms with Gasteiger partial charge in [-0.2, -0.15) is 5.10 Å². The number of aromatic nitrogens is 2. The van der Waals surface area contributed by atoms with Gasteiger partial charge in [-0.3, -0.25) is 19.2 Å². The minimum Gasteiger partial charge on any atom is -0.342 e. The Balaban J connectivity index is 1.50. The second-order valence-corrected chi connectivity index (χ2v) is 7.03. The van der Waals surface area contributed by atoms with Gasteiger partial charge < -0.3 is 9.80 Å². The summed E-state index contributed by atoms with van der Waals surface area (Å²) in [6, 6.07) is 9.63. The highest BCUT2D eigenvalue weighted by molar-refractivity contribution is 5.94. The lowest BCUT2D eigenvalue weighted by Crippen LogP contribution is -2.51. The number of carbonyl (C=O) groups excluding carboxylic acids is 2. The Labute approximate surface area is 166 Å². The van der Waals surface area contributed by atoms with Crippen LogP contribution in [0.5, 0.6) is 0 Å². The maximum absolute atomic E-state index is 12.8. The zero-order valence-electron chi connectivity index (χ0n) is 16.8. The normalized spacial score (nSPS) is 14.9. The average Bonchev–Trinajstić information content (AvgIpc) is 3.22. The molecule has 2 amide bonds. The first-order valence-corrected chi connectivity index (χ1v) is 9.96. The number of amides is 2. The SMILES string of the molecule is CCN(CC)C(=O)CN1CCN(C(=O)c2ccc(Cn3cccn3)cc2)CC1. The largest absolute Gasteiger partial charge is 0.342 e. The Bertz CT molecular complexity index is 761. The molecule has 1 saturated heterocycles. The van der Waals surface area contributed by atoms with Gasteiger partial charge in [-0.1, -0.05) is 12.1 Å². The van der Waals surface area contributed by atoms with E-state index in [2.05, 4.69) is 10.00 Å². The molecule has 7 heteroatoms. The number of rotatable bonds is 7. The Morgan fingerprint density at radius 2 is 1.71 bits per heavy atom. The highest BCUT2D eigenvalue weighted by Gasteiger charge is 2.24. The molecule has 0 atom stereocenters. The average molecular weight is 383 g/mol. The van der Waals surface area contributed by atoms with Crippen molar-refractivity contribution in [3.05, 3.63) is 53.9 Å². The second-order valence-electron chi connectivity index (χ2n) is 7.03. The van der Waals surface area contributed by atoms with Gasteiger partial charge in [0.2, 0.25) is 5.91 Å². The Kier molecular flexibility index (Phi) is 6.81. The molecule has 0 bridgehead atoms. The van der Waals surface area contributed by atoms with Crippen LogP contribution in [0.25, 0.3) is 0 Å². The predicted octanol–water partition coefficient (Wildman–Crippen LogP) is 1.56. The molecule has 2 aromatic rings. The van der Waals surface area contributed by atoms with Crippen LogP contribution in [0.3, 0.4) is 0 Å². The van der Waals surface area contributed by atoms with E-state index in [0.29, 0.717) is 31.7 Å². The minimum atomic E-state index is 0.0559. The highest BCUT2D eigenvalue weighted by atomic mass is 16.2. The fraction of sp³-hybridized carbons (Fsp3) is 0.476. The van der Waals surface area contributed by atoms with Crippen molar-refractivity contribution in [1.82, 2.24) is 24.5 Å². The van der Waals surface area contributed by atoms with Gasteiger partial charge in [0, 0.05) is 57.2 Å². The zero-order chi connectivity index (χ0) is 19.9. The first-order valence-electron chi connectivity index (χ1n) is 9.96. The van der Waals surface area contributed by atoms with Gasteiger partial charge in [0.25, 0.3) is 5.91 Å². The van der Waals surface area contributed by atoms with Crippen LogP contribution in [0.4, 0.5) is 0 Å². The summed E-state index contributed by atoms with van der Waals surface area (Å²) in [7, 11) is 0. The number of benzene rings is 1. The lowest BCUT2D eigenvalue weighted by molar-refractivity contribution is -0.132. The van der Waals surface area contributed by atoms with Crippen molar-refractivity contribution in [3.8, 4) is 0 Å². The third kappa shape index (κ3) is 4.98. The molecule has 1 aliphatic heterocycles. The summed E-state index contributed by atoms with van der Waals surface area (Å²) in [5.74, 6) is 0.220. The topological polar surface area (TPSA) is 61.7 Å². The van der Waals surface area contributed by atoms with Gasteiger partial charge >= 0.3 is 0 Å². The quantitative estimate of drug-likeness (QED) is 0.728. The molecule has 0 aliphatic carbocycles. The summed E-state index contributed by atoms with van der Waals surface area (Å²) >= 11 is 0. The van der Waals surface area contributed by atoms with Crippen molar-refractivity contribution in [2.24, 2.45) is 0 Å². The molecule has 2 heterocycles. The zero-order valence-corrected chi connectivity index (χ0v) is 16.8. The molecule has 1 aromatic heterocycles. The van der Waals surface area contributed by atoms with Gasteiger partial charge in [0.15, 0.2) is 0 Å². The van der Waals surface area contributed by atoms with E-state index < -0.39 is 0 Å². The summed E-state index contributed by atoms with van der Waals surface area (Å²) in [6.45, 7) is 9.38. The molecule has 0 unspecified atom stereocenters. The van der Waals surface area contributed by atoms with Crippen molar-refractivity contribution in [3.63, 3.8) is 0 Å². The molecule has 150 valence electrons. The van der Waals surface area contributed by atoms with Crippen LogP contribution in [0, 0.1) is 0 Å². The molecule has 3 rings (SSSR count). The van der Waals surface area contributed by atoms with Gasteiger partial charge in [-0.25, -0.2) is 0 Å². The lowest BCUT2D eigenvalue weighted by Gasteiger charge is -2.35. The molecule has 1 aliphatic rings. The van der Waals surface area contributed by atoms with Crippen LogP contribution >= 0.6 is 0 Å². The molecule has 1 aromatic carbocycles. The Morgan fingerprint density at radius 3 is 2.29 bits per heavy atom. The van der Waals surface area contributed by atoms with Crippen LogP contribution in [-0.4, -0.2) is 82.1 Å². The van der Waals surface area contributed by atoms with Crippen LogP contribution in [0.2, 0.25) is 0 Å². The number of carbonyl (C=O) groups is 2. The van der Waals surface area contributed by atoms with Crippen LogP contribution in [0.15, 0.2) is 42.7 Å². The summed E-state index contributed by atoms with van der Waals surface area (Å²) < 4.78 is 1.86. The molecule has 0 spiro atoms. The van der Waals surface area contributed by atoms with Gasteiger partial charge in [-0.05, 0) is 37.6 Å². The van der Waals surface area contributed by atoms with Crippen LogP contribution < -0.4 is 0 Å². The van der Waals surface area contributed by atoms with Gasteiger partial charge in [-0.15, -0.1) is 0 Å². The van der Waals surface area contributed by atoms with Crippen molar-refractivity contribution < 1.29 is 9.59 Å². The van der Waals surface area contributed by atoms with Crippen molar-refractivity contribution in [2.45, 2.75) is 20.4 Å². The number of likely N-dealkylation sites (N-methyl/N-ethyl adjacent to an activating group) is 1. The molecule has 7 nitrogen and oxygen atoms in total. The summed E-state index contributed by atoms with van der Waals surface area (Å²) in [6.07, 6.45) is 3.68. The van der Waals surface area contributed by atoms with E-state index in [1.54, 1.807) is 6.20 Å². The van der Waals surface area contributed by atoms with Gasteiger partial charge in [0.05, 0.1) is 13.1 Å². The van der Waals surface area contributed by atoms with Crippen molar-refractivity contribution >= 4 is 11.8 Å². The second kappa shape index (κ2) is 9.50. The van der Waals surface area contributed by atoms with Crippen molar-refractivity contribution in [1.29, 1.82) is 0 Å². The van der Waals surface area contributed by atoms with Gasteiger partial charge in [0.1, 0.15) is 0 Å². The predicted molar refractivity (Wildman–Crippen MR) is 108 cm³/mol. The first-order chi connectivity index (χ1) is 13.6. The molecule has 1 fully saturated rings. The first kappa shape index (κ1) is 20.1. The monoisotopic (exact) mass is 383 g/mol. The lowest BCUT2D eigenvalue weighted by atomic mass is 10.1. The van der Waals surface area contributed by atoms with E-state index in [9.17, 15) is 9.59 Å². The minimum absolute atomic E-state index is 0.0559. The fourth-order valence-corrected chi connectivity index (χ4v) is 3.49. The Hall–Kier alpha value is -2.67. The van der Waals surface area contributed by atoms with E-state index in [0.717, 1.165) is 31.7 Å². The highest BCUT2D eigenvalue weighted by Crippen LogP contribution is 2.11. The fourth-order valence-electron chi connectivity index (χ4n) is 3.49. The number of hydrogen-bond acceptors (Lipinski definition) is 4. The standard InChI is InChI=1S/C21H29N5O2/c1-3-24(4-2)20(27)17-23-12-14-25(15-13-23)21(28)19-8-6-18(7-9-19)16-26-11-5-10-22-26/h5-11H,3-4,12-17H2,1-2H3. The third-order valence-electron chi connectivity index (χ3n) is 5.24. The molecular formula is C21H29N5O2. The molecule has 0 N–H and O–H groups in total. The van der Waals surface area contributed by atoms with Crippen molar-refractivity contribution in [2.75, 3.05) is 45.8 Å². The molecule has 28 heavy (non-hydrogen) atoms. The molecule has 0 radical (unpaired) electrons. The number of piperazine rings is 1.